The summed E-state index contributed by atoms with van der Waals surface area (Å²) < 4.78 is 4.90. The summed E-state index contributed by atoms with van der Waals surface area (Å²) >= 11 is 1.82. The Balaban J connectivity index is 1.38. The summed E-state index contributed by atoms with van der Waals surface area (Å²) in [5.41, 5.74) is 8.56. The highest BCUT2D eigenvalue weighted by atomic mass is 32.1. The number of para-hydroxylation sites is 2. The summed E-state index contributed by atoms with van der Waals surface area (Å²) in [4.78, 5) is 15.5. The van der Waals surface area contributed by atoms with Crippen molar-refractivity contribution in [3.05, 3.63) is 170 Å². The van der Waals surface area contributed by atoms with Crippen LogP contribution in [0.4, 0.5) is 0 Å². The van der Waals surface area contributed by atoms with Gasteiger partial charge in [0.1, 0.15) is 0 Å². The van der Waals surface area contributed by atoms with E-state index in [1.165, 1.54) is 42.1 Å². The minimum Gasteiger partial charge on any atom is -0.306 e. The van der Waals surface area contributed by atoms with Crippen LogP contribution in [0.25, 0.3) is 93.0 Å². The molecule has 0 aliphatic carbocycles. The molecular formula is C45H28N4S. The molecule has 0 saturated heterocycles. The fraction of sp³-hybridized carbons (Fsp3) is 0. The lowest BCUT2D eigenvalue weighted by Gasteiger charge is -2.17. The third-order valence-corrected chi connectivity index (χ3v) is 10.7. The van der Waals surface area contributed by atoms with Gasteiger partial charge in [-0.1, -0.05) is 152 Å². The minimum atomic E-state index is 0.634. The molecule has 0 bridgehead atoms. The molecule has 0 unspecified atom stereocenters. The lowest BCUT2D eigenvalue weighted by Crippen LogP contribution is -2.04. The Morgan fingerprint density at radius 2 is 0.940 bits per heavy atom. The Labute approximate surface area is 292 Å². The molecule has 0 fully saturated rings. The van der Waals surface area contributed by atoms with Crippen LogP contribution in [0, 0.1) is 0 Å². The first-order valence-corrected chi connectivity index (χ1v) is 17.5. The van der Waals surface area contributed by atoms with E-state index < -0.39 is 0 Å². The maximum absolute atomic E-state index is 5.24. The molecule has 3 aromatic heterocycles. The van der Waals surface area contributed by atoms with Gasteiger partial charge in [0.15, 0.2) is 17.5 Å². The molecule has 0 amide bonds. The van der Waals surface area contributed by atoms with E-state index in [9.17, 15) is 0 Å². The third kappa shape index (κ3) is 4.55. The lowest BCUT2D eigenvalue weighted by molar-refractivity contribution is 1.07. The average Bonchev–Trinajstić information content (AvgIpc) is 3.74. The number of nitrogens with zero attached hydrogens (tertiary/aromatic N) is 4. The Kier molecular flexibility index (Phi) is 6.64. The summed E-state index contributed by atoms with van der Waals surface area (Å²) in [6.45, 7) is 0. The monoisotopic (exact) mass is 656 g/mol. The molecule has 0 N–H and O–H groups in total. The van der Waals surface area contributed by atoms with E-state index in [0.717, 1.165) is 33.4 Å². The van der Waals surface area contributed by atoms with Crippen molar-refractivity contribution in [3.8, 4) is 51.0 Å². The van der Waals surface area contributed by atoms with Crippen molar-refractivity contribution in [2.75, 3.05) is 0 Å². The number of hydrogen-bond acceptors (Lipinski definition) is 4. The molecule has 7 aromatic carbocycles. The zero-order valence-corrected chi connectivity index (χ0v) is 27.7. The second-order valence-corrected chi connectivity index (χ2v) is 13.4. The Morgan fingerprint density at radius 3 is 1.64 bits per heavy atom. The summed E-state index contributed by atoms with van der Waals surface area (Å²) in [6, 6.07) is 59.6. The molecule has 234 valence electrons. The van der Waals surface area contributed by atoms with E-state index in [0.29, 0.717) is 17.5 Å². The zero-order valence-electron chi connectivity index (χ0n) is 26.9. The SMILES string of the molecule is c1ccc(-c2nc(-c3ccccc3)nc(-c3ccc4c(sc5ccccc54)c3-n3c4ccccc4c4cccc(-c5ccccc5)c43)n2)cc1. The Bertz CT molecular complexity index is 2800. The van der Waals surface area contributed by atoms with Crippen LogP contribution in [0.5, 0.6) is 0 Å². The van der Waals surface area contributed by atoms with Crippen molar-refractivity contribution in [3.63, 3.8) is 0 Å². The van der Waals surface area contributed by atoms with Gasteiger partial charge in [-0.3, -0.25) is 0 Å². The van der Waals surface area contributed by atoms with Crippen LogP contribution in [-0.4, -0.2) is 19.5 Å². The van der Waals surface area contributed by atoms with E-state index >= 15 is 0 Å². The fourth-order valence-electron chi connectivity index (χ4n) is 7.21. The highest BCUT2D eigenvalue weighted by Gasteiger charge is 2.24. The largest absolute Gasteiger partial charge is 0.306 e. The van der Waals surface area contributed by atoms with Gasteiger partial charge in [-0.05, 0) is 23.8 Å². The number of aromatic nitrogens is 4. The zero-order chi connectivity index (χ0) is 33.0. The van der Waals surface area contributed by atoms with Crippen LogP contribution in [-0.2, 0) is 0 Å². The summed E-state index contributed by atoms with van der Waals surface area (Å²) in [7, 11) is 0. The van der Waals surface area contributed by atoms with E-state index in [-0.39, 0.29) is 0 Å². The molecule has 0 radical (unpaired) electrons. The molecule has 0 atom stereocenters. The molecule has 0 saturated carbocycles. The maximum Gasteiger partial charge on any atom is 0.166 e. The van der Waals surface area contributed by atoms with Gasteiger partial charge in [-0.25, -0.2) is 15.0 Å². The van der Waals surface area contributed by atoms with E-state index in [1.807, 2.05) is 47.7 Å². The molecule has 0 spiro atoms. The van der Waals surface area contributed by atoms with Crippen molar-refractivity contribution in [1.82, 2.24) is 19.5 Å². The Hall–Kier alpha value is -6.43. The van der Waals surface area contributed by atoms with Crippen LogP contribution in [0.2, 0.25) is 0 Å². The van der Waals surface area contributed by atoms with Crippen molar-refractivity contribution >= 4 is 53.3 Å². The quantitative estimate of drug-likeness (QED) is 0.185. The van der Waals surface area contributed by atoms with Gasteiger partial charge >= 0.3 is 0 Å². The topological polar surface area (TPSA) is 43.6 Å². The van der Waals surface area contributed by atoms with Crippen LogP contribution in [0.15, 0.2) is 170 Å². The van der Waals surface area contributed by atoms with E-state index in [1.54, 1.807) is 0 Å². The van der Waals surface area contributed by atoms with Gasteiger partial charge in [0.05, 0.1) is 21.4 Å². The van der Waals surface area contributed by atoms with E-state index in [4.69, 9.17) is 15.0 Å². The first-order chi connectivity index (χ1) is 24.8. The fourth-order valence-corrected chi connectivity index (χ4v) is 8.45. The second-order valence-electron chi connectivity index (χ2n) is 12.4. The molecule has 10 aromatic rings. The predicted molar refractivity (Wildman–Crippen MR) is 209 cm³/mol. The summed E-state index contributed by atoms with van der Waals surface area (Å²) in [6.07, 6.45) is 0. The van der Waals surface area contributed by atoms with Crippen LogP contribution in [0.3, 0.4) is 0 Å². The maximum atomic E-state index is 5.24. The van der Waals surface area contributed by atoms with Gasteiger partial charge in [0.2, 0.25) is 0 Å². The van der Waals surface area contributed by atoms with Crippen molar-refractivity contribution in [2.45, 2.75) is 0 Å². The molecule has 5 heteroatoms. The number of rotatable bonds is 5. The van der Waals surface area contributed by atoms with Gasteiger partial charge in [-0.2, -0.15) is 0 Å². The highest BCUT2D eigenvalue weighted by molar-refractivity contribution is 7.26. The molecule has 3 heterocycles. The van der Waals surface area contributed by atoms with Crippen LogP contribution < -0.4 is 0 Å². The number of hydrogen-bond donors (Lipinski definition) is 0. The van der Waals surface area contributed by atoms with Gasteiger partial charge in [0.25, 0.3) is 0 Å². The minimum absolute atomic E-state index is 0.634. The molecule has 0 aliphatic rings. The first kappa shape index (κ1) is 28.6. The van der Waals surface area contributed by atoms with E-state index in [2.05, 4.69) is 138 Å². The van der Waals surface area contributed by atoms with Crippen molar-refractivity contribution in [1.29, 1.82) is 0 Å². The number of fused-ring (bicyclic) bond motifs is 6. The highest BCUT2D eigenvalue weighted by Crippen LogP contribution is 2.46. The molecular weight excluding hydrogens is 629 g/mol. The van der Waals surface area contributed by atoms with Crippen molar-refractivity contribution in [2.24, 2.45) is 0 Å². The van der Waals surface area contributed by atoms with Crippen LogP contribution >= 0.6 is 11.3 Å². The number of thiophene rings is 1. The molecule has 4 nitrogen and oxygen atoms in total. The summed E-state index contributed by atoms with van der Waals surface area (Å²) in [5, 5.41) is 4.87. The van der Waals surface area contributed by atoms with Gasteiger partial charge in [0, 0.05) is 48.5 Å². The number of benzene rings is 7. The summed E-state index contributed by atoms with van der Waals surface area (Å²) in [5.74, 6) is 1.92. The van der Waals surface area contributed by atoms with Crippen molar-refractivity contribution < 1.29 is 0 Å². The third-order valence-electron chi connectivity index (χ3n) is 9.46. The normalized spacial score (nSPS) is 11.6. The lowest BCUT2D eigenvalue weighted by atomic mass is 10.0. The smallest absolute Gasteiger partial charge is 0.166 e. The second kappa shape index (κ2) is 11.6. The van der Waals surface area contributed by atoms with Crippen LogP contribution in [0.1, 0.15) is 0 Å². The predicted octanol–water partition coefficient (Wildman–Crippen LogP) is 12.0. The molecule has 0 aliphatic heterocycles. The molecule has 50 heavy (non-hydrogen) atoms. The van der Waals surface area contributed by atoms with Gasteiger partial charge in [-0.15, -0.1) is 11.3 Å². The first-order valence-electron chi connectivity index (χ1n) is 16.7. The van der Waals surface area contributed by atoms with Gasteiger partial charge < -0.3 is 4.57 Å². The average molecular weight is 657 g/mol. The Morgan fingerprint density at radius 1 is 0.380 bits per heavy atom. The molecule has 10 rings (SSSR count). The standard InChI is InChI=1S/C45H28N4S/c1-4-15-29(16-5-1)32-23-14-24-35-33-21-10-12-25-38(33)49(40(32)35)41-37(28-27-36-34-22-11-13-26-39(34)50-42(36)41)45-47-43(30-17-6-2-7-18-30)46-44(48-45)31-19-8-3-9-20-31/h1-28H.